The standard InChI is InChI=1S/C15H23N3O2S/c1-20-11-5-9-17-15(21)18(10-8-14(16)19)12-13-6-3-2-4-7-13/h2-4,6-7H,5,8-12H2,1H3,(H2,16,19)(H,17,21). The van der Waals surface area contributed by atoms with E-state index in [0.717, 1.165) is 18.5 Å². The molecule has 116 valence electrons. The van der Waals surface area contributed by atoms with Gasteiger partial charge in [0.2, 0.25) is 5.91 Å². The van der Waals surface area contributed by atoms with E-state index in [1.807, 2.05) is 35.2 Å². The number of nitrogens with one attached hydrogen (secondary N) is 1. The van der Waals surface area contributed by atoms with Gasteiger partial charge in [0.05, 0.1) is 0 Å². The molecule has 0 fully saturated rings. The highest BCUT2D eigenvalue weighted by Crippen LogP contribution is 2.05. The lowest BCUT2D eigenvalue weighted by atomic mass is 10.2. The number of hydrogen-bond donors (Lipinski definition) is 2. The number of primary amides is 1. The molecule has 0 aliphatic carbocycles. The van der Waals surface area contributed by atoms with Crippen LogP contribution in [0.2, 0.25) is 0 Å². The van der Waals surface area contributed by atoms with E-state index in [9.17, 15) is 4.79 Å². The molecule has 0 bridgehead atoms. The lowest BCUT2D eigenvalue weighted by Gasteiger charge is -2.25. The molecule has 0 aliphatic rings. The van der Waals surface area contributed by atoms with Crippen molar-refractivity contribution in [3.8, 4) is 0 Å². The molecule has 1 aromatic carbocycles. The van der Waals surface area contributed by atoms with E-state index in [0.29, 0.717) is 24.8 Å². The predicted octanol–water partition coefficient (Wildman–Crippen LogP) is 1.27. The maximum absolute atomic E-state index is 11.0. The summed E-state index contributed by atoms with van der Waals surface area (Å²) in [6.45, 7) is 2.61. The van der Waals surface area contributed by atoms with Crippen LogP contribution in [0.4, 0.5) is 0 Å². The second kappa shape index (κ2) is 10.1. The fraction of sp³-hybridized carbons (Fsp3) is 0.467. The number of hydrogen-bond acceptors (Lipinski definition) is 3. The smallest absolute Gasteiger partial charge is 0.219 e. The Morgan fingerprint density at radius 3 is 2.71 bits per heavy atom. The maximum Gasteiger partial charge on any atom is 0.219 e. The first kappa shape index (κ1) is 17.4. The summed E-state index contributed by atoms with van der Waals surface area (Å²) in [6, 6.07) is 10.0. The summed E-state index contributed by atoms with van der Waals surface area (Å²) in [5.74, 6) is -0.324. The van der Waals surface area contributed by atoms with Crippen LogP contribution in [0.5, 0.6) is 0 Å². The number of amides is 1. The van der Waals surface area contributed by atoms with Crippen molar-refractivity contribution >= 4 is 23.2 Å². The van der Waals surface area contributed by atoms with Crippen LogP contribution in [-0.2, 0) is 16.1 Å². The van der Waals surface area contributed by atoms with Crippen molar-refractivity contribution in [3.05, 3.63) is 35.9 Å². The van der Waals surface area contributed by atoms with E-state index in [2.05, 4.69) is 5.32 Å². The molecule has 0 aliphatic heterocycles. The molecule has 0 aromatic heterocycles. The highest BCUT2D eigenvalue weighted by molar-refractivity contribution is 7.80. The Labute approximate surface area is 131 Å². The number of carbonyl (C=O) groups is 1. The molecule has 0 saturated heterocycles. The van der Waals surface area contributed by atoms with Gasteiger partial charge < -0.3 is 20.7 Å². The van der Waals surface area contributed by atoms with Gasteiger partial charge in [-0.05, 0) is 24.2 Å². The van der Waals surface area contributed by atoms with Crippen LogP contribution in [0.3, 0.4) is 0 Å². The third-order valence-electron chi connectivity index (χ3n) is 2.93. The second-order valence-electron chi connectivity index (χ2n) is 4.70. The fourth-order valence-corrected chi connectivity index (χ4v) is 2.08. The zero-order chi connectivity index (χ0) is 15.5. The number of carbonyl (C=O) groups excluding carboxylic acids is 1. The number of nitrogens with zero attached hydrogens (tertiary/aromatic N) is 1. The molecular weight excluding hydrogens is 286 g/mol. The minimum Gasteiger partial charge on any atom is -0.385 e. The van der Waals surface area contributed by atoms with Crippen molar-refractivity contribution in [2.75, 3.05) is 26.8 Å². The molecule has 0 atom stereocenters. The molecule has 5 nitrogen and oxygen atoms in total. The van der Waals surface area contributed by atoms with E-state index in [4.69, 9.17) is 22.7 Å². The van der Waals surface area contributed by atoms with Crippen molar-refractivity contribution in [1.82, 2.24) is 10.2 Å². The molecule has 0 saturated carbocycles. The molecule has 21 heavy (non-hydrogen) atoms. The Bertz CT molecular complexity index is 440. The lowest BCUT2D eigenvalue weighted by molar-refractivity contribution is -0.118. The van der Waals surface area contributed by atoms with Crippen LogP contribution in [-0.4, -0.2) is 42.7 Å². The van der Waals surface area contributed by atoms with Gasteiger partial charge in [0.15, 0.2) is 5.11 Å². The van der Waals surface area contributed by atoms with Crippen molar-refractivity contribution in [2.45, 2.75) is 19.4 Å². The molecule has 1 rings (SSSR count). The number of ether oxygens (including phenoxy) is 1. The van der Waals surface area contributed by atoms with Crippen LogP contribution >= 0.6 is 12.2 Å². The molecule has 1 aromatic rings. The third-order valence-corrected chi connectivity index (χ3v) is 3.34. The van der Waals surface area contributed by atoms with Gasteiger partial charge in [0, 0.05) is 39.8 Å². The van der Waals surface area contributed by atoms with Crippen LogP contribution in [0.15, 0.2) is 30.3 Å². The lowest BCUT2D eigenvalue weighted by Crippen LogP contribution is -2.41. The second-order valence-corrected chi connectivity index (χ2v) is 5.09. The average molecular weight is 309 g/mol. The molecular formula is C15H23N3O2S. The first-order valence-electron chi connectivity index (χ1n) is 6.97. The molecule has 1 amide bonds. The summed E-state index contributed by atoms with van der Waals surface area (Å²) in [7, 11) is 1.67. The van der Waals surface area contributed by atoms with Crippen molar-refractivity contribution in [3.63, 3.8) is 0 Å². The molecule has 0 unspecified atom stereocenters. The van der Waals surface area contributed by atoms with Crippen LogP contribution < -0.4 is 11.1 Å². The average Bonchev–Trinajstić information content (AvgIpc) is 2.48. The fourth-order valence-electron chi connectivity index (χ4n) is 1.82. The minimum absolute atomic E-state index is 0.284. The van der Waals surface area contributed by atoms with E-state index in [-0.39, 0.29) is 12.3 Å². The first-order valence-corrected chi connectivity index (χ1v) is 7.38. The summed E-state index contributed by atoms with van der Waals surface area (Å²) < 4.78 is 5.00. The molecule has 0 spiro atoms. The highest BCUT2D eigenvalue weighted by atomic mass is 32.1. The Hall–Kier alpha value is -1.66. The van der Waals surface area contributed by atoms with Crippen LogP contribution in [0.1, 0.15) is 18.4 Å². The molecule has 3 N–H and O–H groups in total. The monoisotopic (exact) mass is 309 g/mol. The quantitative estimate of drug-likeness (QED) is 0.531. The Morgan fingerprint density at radius 2 is 2.10 bits per heavy atom. The summed E-state index contributed by atoms with van der Waals surface area (Å²) in [6.07, 6.45) is 1.17. The summed E-state index contributed by atoms with van der Waals surface area (Å²) in [4.78, 5) is 13.0. The van der Waals surface area contributed by atoms with Gasteiger partial charge in [-0.2, -0.15) is 0 Å². The molecule has 0 radical (unpaired) electrons. The third kappa shape index (κ3) is 7.63. The largest absolute Gasteiger partial charge is 0.385 e. The van der Waals surface area contributed by atoms with Gasteiger partial charge in [-0.1, -0.05) is 30.3 Å². The van der Waals surface area contributed by atoms with E-state index in [1.54, 1.807) is 7.11 Å². The van der Waals surface area contributed by atoms with Crippen LogP contribution in [0.25, 0.3) is 0 Å². The predicted molar refractivity (Wildman–Crippen MR) is 87.8 cm³/mol. The summed E-state index contributed by atoms with van der Waals surface area (Å²) in [5.41, 5.74) is 6.37. The maximum atomic E-state index is 11.0. The zero-order valence-electron chi connectivity index (χ0n) is 12.4. The minimum atomic E-state index is -0.324. The highest BCUT2D eigenvalue weighted by Gasteiger charge is 2.11. The van der Waals surface area contributed by atoms with Gasteiger partial charge in [-0.25, -0.2) is 0 Å². The molecule has 6 heteroatoms. The Balaban J connectivity index is 2.54. The number of benzene rings is 1. The van der Waals surface area contributed by atoms with Gasteiger partial charge in [-0.3, -0.25) is 4.79 Å². The van der Waals surface area contributed by atoms with Crippen LogP contribution in [0, 0.1) is 0 Å². The number of nitrogens with two attached hydrogens (primary N) is 1. The number of rotatable bonds is 9. The van der Waals surface area contributed by atoms with E-state index in [1.165, 1.54) is 0 Å². The van der Waals surface area contributed by atoms with Gasteiger partial charge in [0.25, 0.3) is 0 Å². The molecule has 0 heterocycles. The SMILES string of the molecule is COCCCNC(=S)N(CCC(N)=O)Cc1ccccc1. The normalized spacial score (nSPS) is 10.1. The van der Waals surface area contributed by atoms with Crippen molar-refractivity contribution in [2.24, 2.45) is 5.73 Å². The first-order chi connectivity index (χ1) is 10.1. The summed E-state index contributed by atoms with van der Waals surface area (Å²) in [5, 5.41) is 3.82. The van der Waals surface area contributed by atoms with E-state index < -0.39 is 0 Å². The van der Waals surface area contributed by atoms with Gasteiger partial charge in [-0.15, -0.1) is 0 Å². The van der Waals surface area contributed by atoms with Gasteiger partial charge >= 0.3 is 0 Å². The topological polar surface area (TPSA) is 67.6 Å². The number of thiocarbonyl (C=S) groups is 1. The van der Waals surface area contributed by atoms with Crippen molar-refractivity contribution in [1.29, 1.82) is 0 Å². The Kier molecular flexibility index (Phi) is 8.38. The Morgan fingerprint density at radius 1 is 1.38 bits per heavy atom. The zero-order valence-corrected chi connectivity index (χ0v) is 13.2. The number of methoxy groups -OCH3 is 1. The van der Waals surface area contributed by atoms with Crippen molar-refractivity contribution < 1.29 is 9.53 Å². The summed E-state index contributed by atoms with van der Waals surface area (Å²) >= 11 is 5.40. The van der Waals surface area contributed by atoms with Gasteiger partial charge in [0.1, 0.15) is 0 Å². The van der Waals surface area contributed by atoms with E-state index >= 15 is 0 Å².